The van der Waals surface area contributed by atoms with Crippen molar-refractivity contribution in [3.8, 4) is 0 Å². The van der Waals surface area contributed by atoms with Crippen LogP contribution in [0.3, 0.4) is 0 Å². The molecule has 0 saturated carbocycles. The highest BCUT2D eigenvalue weighted by Gasteiger charge is 1.97. The Morgan fingerprint density at radius 1 is 1.39 bits per heavy atom. The molecular weight excluding hydrogens is 233 g/mol. The molecule has 0 heterocycles. The molecule has 0 spiro atoms. The minimum absolute atomic E-state index is 0.236. The number of hydrogen-bond donors (Lipinski definition) is 2. The summed E-state index contributed by atoms with van der Waals surface area (Å²) in [6.45, 7) is 4.52. The first-order chi connectivity index (χ1) is 8.76. The van der Waals surface area contributed by atoms with E-state index in [0.717, 1.165) is 12.1 Å². The number of benzene rings is 1. The quantitative estimate of drug-likeness (QED) is 0.459. The van der Waals surface area contributed by atoms with E-state index in [-0.39, 0.29) is 5.82 Å². The fourth-order valence-electron chi connectivity index (χ4n) is 1.42. The zero-order valence-electron chi connectivity index (χ0n) is 10.9. The maximum atomic E-state index is 13.0. The van der Waals surface area contributed by atoms with E-state index in [9.17, 15) is 4.39 Å². The zero-order valence-corrected chi connectivity index (χ0v) is 10.9. The summed E-state index contributed by atoms with van der Waals surface area (Å²) in [5.41, 5.74) is 0.846. The minimum atomic E-state index is -0.236. The van der Waals surface area contributed by atoms with Gasteiger partial charge in [0.1, 0.15) is 5.82 Å². The molecule has 0 aliphatic heterocycles. The number of nitrogens with zero attached hydrogens (tertiary/aromatic N) is 1. The van der Waals surface area contributed by atoms with E-state index < -0.39 is 0 Å². The van der Waals surface area contributed by atoms with Crippen molar-refractivity contribution in [2.75, 3.05) is 26.8 Å². The van der Waals surface area contributed by atoms with Gasteiger partial charge >= 0.3 is 0 Å². The van der Waals surface area contributed by atoms with Gasteiger partial charge in [-0.25, -0.2) is 9.38 Å². The highest BCUT2D eigenvalue weighted by atomic mass is 19.1. The van der Waals surface area contributed by atoms with Crippen molar-refractivity contribution >= 4 is 5.96 Å². The maximum absolute atomic E-state index is 13.0. The van der Waals surface area contributed by atoms with Crippen molar-refractivity contribution in [3.63, 3.8) is 0 Å². The first-order valence-electron chi connectivity index (χ1n) is 6.01. The topological polar surface area (TPSA) is 45.7 Å². The SMILES string of the molecule is CCNC(=NCc1cccc(F)c1)NCCOC. The molecule has 0 unspecified atom stereocenters. The number of nitrogens with one attached hydrogen (secondary N) is 2. The van der Waals surface area contributed by atoms with Gasteiger partial charge < -0.3 is 15.4 Å². The number of halogens is 1. The molecule has 0 bridgehead atoms. The average Bonchev–Trinajstić information content (AvgIpc) is 2.36. The highest BCUT2D eigenvalue weighted by molar-refractivity contribution is 5.79. The van der Waals surface area contributed by atoms with Crippen molar-refractivity contribution in [1.82, 2.24) is 10.6 Å². The lowest BCUT2D eigenvalue weighted by Crippen LogP contribution is -2.38. The van der Waals surface area contributed by atoms with E-state index in [0.29, 0.717) is 25.7 Å². The standard InChI is InChI=1S/C13H20FN3O/c1-3-15-13(16-7-8-18-2)17-10-11-5-4-6-12(14)9-11/h4-6,9H,3,7-8,10H2,1-2H3,(H2,15,16,17). The molecule has 0 amide bonds. The van der Waals surface area contributed by atoms with E-state index in [2.05, 4.69) is 15.6 Å². The first-order valence-corrected chi connectivity index (χ1v) is 6.01. The fourth-order valence-corrected chi connectivity index (χ4v) is 1.42. The molecule has 1 aromatic rings. The monoisotopic (exact) mass is 253 g/mol. The van der Waals surface area contributed by atoms with Gasteiger partial charge in [-0.05, 0) is 24.6 Å². The van der Waals surface area contributed by atoms with E-state index >= 15 is 0 Å². The third-order valence-electron chi connectivity index (χ3n) is 2.25. The molecule has 2 N–H and O–H groups in total. The van der Waals surface area contributed by atoms with E-state index in [1.54, 1.807) is 13.2 Å². The number of ether oxygens (including phenoxy) is 1. The minimum Gasteiger partial charge on any atom is -0.383 e. The van der Waals surface area contributed by atoms with Gasteiger partial charge in [-0.1, -0.05) is 12.1 Å². The molecule has 1 rings (SSSR count). The van der Waals surface area contributed by atoms with Crippen LogP contribution in [0.4, 0.5) is 4.39 Å². The Hall–Kier alpha value is -1.62. The van der Waals surface area contributed by atoms with Crippen molar-refractivity contribution < 1.29 is 9.13 Å². The summed E-state index contributed by atoms with van der Waals surface area (Å²) in [7, 11) is 1.65. The Labute approximate surface area is 107 Å². The second-order valence-corrected chi connectivity index (χ2v) is 3.74. The van der Waals surface area contributed by atoms with Crippen LogP contribution in [-0.4, -0.2) is 32.8 Å². The summed E-state index contributed by atoms with van der Waals surface area (Å²) in [4.78, 5) is 4.37. The molecule has 100 valence electrons. The van der Waals surface area contributed by atoms with Crippen molar-refractivity contribution in [2.45, 2.75) is 13.5 Å². The van der Waals surface area contributed by atoms with Crippen molar-refractivity contribution in [3.05, 3.63) is 35.6 Å². The largest absolute Gasteiger partial charge is 0.383 e. The Balaban J connectivity index is 2.53. The second kappa shape index (κ2) is 8.47. The van der Waals surface area contributed by atoms with Crippen LogP contribution < -0.4 is 10.6 Å². The van der Waals surface area contributed by atoms with Crippen LogP contribution in [0.25, 0.3) is 0 Å². The van der Waals surface area contributed by atoms with Gasteiger partial charge in [0.2, 0.25) is 0 Å². The molecule has 0 radical (unpaired) electrons. The van der Waals surface area contributed by atoms with Crippen LogP contribution >= 0.6 is 0 Å². The molecule has 0 aliphatic carbocycles. The number of hydrogen-bond acceptors (Lipinski definition) is 2. The fraction of sp³-hybridized carbons (Fsp3) is 0.462. The van der Waals surface area contributed by atoms with Gasteiger partial charge in [0.25, 0.3) is 0 Å². The number of rotatable bonds is 6. The van der Waals surface area contributed by atoms with Crippen molar-refractivity contribution in [1.29, 1.82) is 0 Å². The van der Waals surface area contributed by atoms with E-state index in [4.69, 9.17) is 4.74 Å². The molecule has 5 heteroatoms. The normalized spacial score (nSPS) is 11.4. The Morgan fingerprint density at radius 3 is 2.89 bits per heavy atom. The Morgan fingerprint density at radius 2 is 2.22 bits per heavy atom. The zero-order chi connectivity index (χ0) is 13.2. The third-order valence-corrected chi connectivity index (χ3v) is 2.25. The van der Waals surface area contributed by atoms with Gasteiger partial charge in [0.15, 0.2) is 5.96 Å². The van der Waals surface area contributed by atoms with E-state index in [1.807, 2.05) is 13.0 Å². The molecule has 1 aromatic carbocycles. The lowest BCUT2D eigenvalue weighted by molar-refractivity contribution is 0.203. The molecular formula is C13H20FN3O. The highest BCUT2D eigenvalue weighted by Crippen LogP contribution is 2.04. The van der Waals surface area contributed by atoms with Crippen LogP contribution in [0.2, 0.25) is 0 Å². The van der Waals surface area contributed by atoms with Crippen LogP contribution in [0, 0.1) is 5.82 Å². The van der Waals surface area contributed by atoms with Crippen molar-refractivity contribution in [2.24, 2.45) is 4.99 Å². The summed E-state index contributed by atoms with van der Waals surface area (Å²) in [5.74, 6) is 0.471. The van der Waals surface area contributed by atoms with E-state index in [1.165, 1.54) is 12.1 Å². The van der Waals surface area contributed by atoms with Gasteiger partial charge in [-0.15, -0.1) is 0 Å². The van der Waals surface area contributed by atoms with Gasteiger partial charge in [0, 0.05) is 20.2 Å². The van der Waals surface area contributed by atoms with Crippen LogP contribution in [0.5, 0.6) is 0 Å². The smallest absolute Gasteiger partial charge is 0.191 e. The summed E-state index contributed by atoms with van der Waals surface area (Å²) >= 11 is 0. The van der Waals surface area contributed by atoms with Gasteiger partial charge in [-0.3, -0.25) is 0 Å². The number of aliphatic imine (C=N–C) groups is 1. The predicted molar refractivity (Wildman–Crippen MR) is 71.1 cm³/mol. The Bertz CT molecular complexity index is 382. The van der Waals surface area contributed by atoms with Crippen LogP contribution in [0.1, 0.15) is 12.5 Å². The lowest BCUT2D eigenvalue weighted by atomic mass is 10.2. The molecule has 0 fully saturated rings. The van der Waals surface area contributed by atoms with Crippen LogP contribution in [-0.2, 0) is 11.3 Å². The summed E-state index contributed by atoms with van der Waals surface area (Å²) in [5, 5.41) is 6.24. The van der Waals surface area contributed by atoms with Gasteiger partial charge in [0.05, 0.1) is 13.2 Å². The first kappa shape index (κ1) is 14.4. The van der Waals surface area contributed by atoms with Gasteiger partial charge in [-0.2, -0.15) is 0 Å². The lowest BCUT2D eigenvalue weighted by Gasteiger charge is -2.10. The number of methoxy groups -OCH3 is 1. The maximum Gasteiger partial charge on any atom is 0.191 e. The molecule has 0 saturated heterocycles. The number of guanidine groups is 1. The molecule has 0 atom stereocenters. The second-order valence-electron chi connectivity index (χ2n) is 3.74. The average molecular weight is 253 g/mol. The molecule has 0 aliphatic rings. The third kappa shape index (κ3) is 5.63. The molecule has 18 heavy (non-hydrogen) atoms. The summed E-state index contributed by atoms with van der Waals surface area (Å²) in [6, 6.07) is 6.45. The molecule has 0 aromatic heterocycles. The summed E-state index contributed by atoms with van der Waals surface area (Å²) in [6.07, 6.45) is 0. The molecule has 4 nitrogen and oxygen atoms in total. The predicted octanol–water partition coefficient (Wildman–Crippen LogP) is 1.53. The van der Waals surface area contributed by atoms with Crippen LogP contribution in [0.15, 0.2) is 29.3 Å². The summed E-state index contributed by atoms with van der Waals surface area (Å²) < 4.78 is 17.9. The Kier molecular flexibility index (Phi) is 6.79.